The highest BCUT2D eigenvalue weighted by atomic mass is 16.7. The van der Waals surface area contributed by atoms with E-state index in [-0.39, 0.29) is 5.79 Å². The van der Waals surface area contributed by atoms with Crippen molar-refractivity contribution >= 4 is 0 Å². The maximum Gasteiger partial charge on any atom is 0.168 e. The molecule has 0 aromatic rings. The van der Waals surface area contributed by atoms with Gasteiger partial charge in [-0.05, 0) is 37.8 Å². The summed E-state index contributed by atoms with van der Waals surface area (Å²) in [6, 6.07) is 0.786. The molecule has 102 valence electrons. The molecule has 3 heterocycles. The van der Waals surface area contributed by atoms with Gasteiger partial charge in [0.15, 0.2) is 5.79 Å². The monoisotopic (exact) mass is 252 g/mol. The lowest BCUT2D eigenvalue weighted by atomic mass is 9.89. The van der Waals surface area contributed by atoms with E-state index in [1.54, 1.807) is 0 Å². The predicted octanol–water partition coefficient (Wildman–Crippen LogP) is 0.823. The first-order chi connectivity index (χ1) is 8.85. The number of hydrogen-bond donors (Lipinski definition) is 1. The minimum atomic E-state index is -0.187. The number of nitrogens with one attached hydrogen (secondary N) is 1. The standard InChI is InChI=1S/C14H24N2O2/c1-3-14(17-5-6-18-14)4-2-13(1)16-9-11-7-15-8-12(11)10-16/h11-13,15H,1-10H2/t11-,12+. The van der Waals surface area contributed by atoms with Gasteiger partial charge in [-0.3, -0.25) is 4.90 Å². The number of ether oxygens (including phenoxy) is 2. The van der Waals surface area contributed by atoms with Crippen molar-refractivity contribution in [3.8, 4) is 0 Å². The zero-order chi connectivity index (χ0) is 12.0. The maximum absolute atomic E-state index is 5.82. The van der Waals surface area contributed by atoms with E-state index in [0.29, 0.717) is 0 Å². The van der Waals surface area contributed by atoms with Gasteiger partial charge < -0.3 is 14.8 Å². The van der Waals surface area contributed by atoms with E-state index < -0.39 is 0 Å². The molecule has 0 radical (unpaired) electrons. The van der Waals surface area contributed by atoms with Crippen LogP contribution in [0.2, 0.25) is 0 Å². The quantitative estimate of drug-likeness (QED) is 0.749. The van der Waals surface area contributed by atoms with Crippen LogP contribution in [0.25, 0.3) is 0 Å². The molecule has 0 aromatic heterocycles. The van der Waals surface area contributed by atoms with Crippen molar-refractivity contribution in [2.24, 2.45) is 11.8 Å². The summed E-state index contributed by atoms with van der Waals surface area (Å²) < 4.78 is 11.6. The minimum absolute atomic E-state index is 0.187. The van der Waals surface area contributed by atoms with Crippen LogP contribution in [0.4, 0.5) is 0 Å². The molecule has 1 aliphatic carbocycles. The number of likely N-dealkylation sites (tertiary alicyclic amines) is 1. The van der Waals surface area contributed by atoms with E-state index in [9.17, 15) is 0 Å². The average Bonchev–Trinajstić information content (AvgIpc) is 3.05. The first-order valence-electron chi connectivity index (χ1n) is 7.57. The van der Waals surface area contributed by atoms with Crippen LogP contribution in [0, 0.1) is 11.8 Å². The van der Waals surface area contributed by atoms with Crippen molar-refractivity contribution in [1.29, 1.82) is 0 Å². The summed E-state index contributed by atoms with van der Waals surface area (Å²) >= 11 is 0. The number of rotatable bonds is 1. The van der Waals surface area contributed by atoms with E-state index in [4.69, 9.17) is 9.47 Å². The molecule has 4 fully saturated rings. The molecule has 3 saturated heterocycles. The van der Waals surface area contributed by atoms with E-state index in [1.165, 1.54) is 39.0 Å². The van der Waals surface area contributed by atoms with Crippen LogP contribution in [0.5, 0.6) is 0 Å². The van der Waals surface area contributed by atoms with Crippen LogP contribution in [0.1, 0.15) is 25.7 Å². The molecule has 2 atom stereocenters. The van der Waals surface area contributed by atoms with Crippen LogP contribution in [0.15, 0.2) is 0 Å². The highest BCUT2D eigenvalue weighted by Gasteiger charge is 2.44. The second-order valence-electron chi connectivity index (χ2n) is 6.47. The normalized spacial score (nSPS) is 40.7. The fourth-order valence-corrected chi connectivity index (χ4v) is 4.38. The molecule has 4 nitrogen and oxygen atoms in total. The third-order valence-electron chi connectivity index (χ3n) is 5.46. The highest BCUT2D eigenvalue weighted by Crippen LogP contribution is 2.39. The lowest BCUT2D eigenvalue weighted by Crippen LogP contribution is -2.44. The molecular weight excluding hydrogens is 228 g/mol. The summed E-state index contributed by atoms with van der Waals surface area (Å²) in [4.78, 5) is 2.75. The van der Waals surface area contributed by atoms with Crippen molar-refractivity contribution in [2.75, 3.05) is 39.4 Å². The molecule has 1 spiro atoms. The summed E-state index contributed by atoms with van der Waals surface area (Å²) in [6.45, 7) is 6.70. The Morgan fingerprint density at radius 2 is 1.56 bits per heavy atom. The lowest BCUT2D eigenvalue weighted by molar-refractivity contribution is -0.183. The third kappa shape index (κ3) is 1.90. The van der Waals surface area contributed by atoms with Crippen LogP contribution in [-0.4, -0.2) is 56.1 Å². The van der Waals surface area contributed by atoms with E-state index in [1.807, 2.05) is 0 Å². The third-order valence-corrected chi connectivity index (χ3v) is 5.46. The second kappa shape index (κ2) is 4.44. The molecule has 1 saturated carbocycles. The Kier molecular flexibility index (Phi) is 2.87. The van der Waals surface area contributed by atoms with Crippen molar-refractivity contribution < 1.29 is 9.47 Å². The minimum Gasteiger partial charge on any atom is -0.348 e. The van der Waals surface area contributed by atoms with Crippen LogP contribution >= 0.6 is 0 Å². The van der Waals surface area contributed by atoms with Crippen molar-refractivity contribution in [3.63, 3.8) is 0 Å². The maximum atomic E-state index is 5.82. The zero-order valence-electron chi connectivity index (χ0n) is 11.1. The molecule has 4 rings (SSSR count). The topological polar surface area (TPSA) is 33.7 Å². The van der Waals surface area contributed by atoms with Crippen LogP contribution in [0.3, 0.4) is 0 Å². The molecule has 3 aliphatic heterocycles. The van der Waals surface area contributed by atoms with Crippen LogP contribution in [-0.2, 0) is 9.47 Å². The molecule has 0 aromatic carbocycles. The number of nitrogens with zero attached hydrogens (tertiary/aromatic N) is 1. The number of fused-ring (bicyclic) bond motifs is 1. The first kappa shape index (κ1) is 11.6. The van der Waals surface area contributed by atoms with Gasteiger partial charge >= 0.3 is 0 Å². The fourth-order valence-electron chi connectivity index (χ4n) is 4.38. The summed E-state index contributed by atoms with van der Waals surface area (Å²) in [5, 5.41) is 3.52. The van der Waals surface area contributed by atoms with E-state index in [0.717, 1.165) is 43.9 Å². The van der Waals surface area contributed by atoms with Gasteiger partial charge in [-0.15, -0.1) is 0 Å². The molecule has 0 bridgehead atoms. The van der Waals surface area contributed by atoms with Gasteiger partial charge in [0.2, 0.25) is 0 Å². The molecular formula is C14H24N2O2. The van der Waals surface area contributed by atoms with Crippen molar-refractivity contribution in [3.05, 3.63) is 0 Å². The van der Waals surface area contributed by atoms with Gasteiger partial charge in [0.1, 0.15) is 0 Å². The fraction of sp³-hybridized carbons (Fsp3) is 1.00. The average molecular weight is 252 g/mol. The van der Waals surface area contributed by atoms with Gasteiger partial charge in [-0.2, -0.15) is 0 Å². The Morgan fingerprint density at radius 3 is 2.17 bits per heavy atom. The summed E-state index contributed by atoms with van der Waals surface area (Å²) in [5.41, 5.74) is 0. The summed E-state index contributed by atoms with van der Waals surface area (Å²) in [5.74, 6) is 1.65. The van der Waals surface area contributed by atoms with Gasteiger partial charge in [-0.1, -0.05) is 0 Å². The van der Waals surface area contributed by atoms with Gasteiger partial charge in [0.05, 0.1) is 13.2 Å². The largest absolute Gasteiger partial charge is 0.348 e. The van der Waals surface area contributed by atoms with Gasteiger partial charge in [-0.25, -0.2) is 0 Å². The van der Waals surface area contributed by atoms with E-state index >= 15 is 0 Å². The summed E-state index contributed by atoms with van der Waals surface area (Å²) in [7, 11) is 0. The zero-order valence-corrected chi connectivity index (χ0v) is 11.1. The molecule has 4 aliphatic rings. The Labute approximate surface area is 109 Å². The Bertz CT molecular complexity index is 295. The first-order valence-corrected chi connectivity index (χ1v) is 7.57. The van der Waals surface area contributed by atoms with Crippen molar-refractivity contribution in [2.45, 2.75) is 37.5 Å². The Hall–Kier alpha value is -0.160. The molecule has 18 heavy (non-hydrogen) atoms. The second-order valence-corrected chi connectivity index (χ2v) is 6.47. The SMILES string of the molecule is C1COC2(CCC(N3C[C@H]4CNC[C@H]4C3)CC2)O1. The number of hydrogen-bond acceptors (Lipinski definition) is 4. The van der Waals surface area contributed by atoms with Crippen molar-refractivity contribution in [1.82, 2.24) is 10.2 Å². The Balaban J connectivity index is 1.35. The Morgan fingerprint density at radius 1 is 0.944 bits per heavy atom. The predicted molar refractivity (Wildman–Crippen MR) is 68.3 cm³/mol. The molecule has 0 amide bonds. The smallest absolute Gasteiger partial charge is 0.168 e. The van der Waals surface area contributed by atoms with Gasteiger partial charge in [0, 0.05) is 32.0 Å². The molecule has 4 heteroatoms. The summed E-state index contributed by atoms with van der Waals surface area (Å²) in [6.07, 6.45) is 4.71. The lowest BCUT2D eigenvalue weighted by Gasteiger charge is -2.39. The molecule has 1 N–H and O–H groups in total. The van der Waals surface area contributed by atoms with E-state index in [2.05, 4.69) is 10.2 Å². The molecule has 0 unspecified atom stereocenters. The van der Waals surface area contributed by atoms with Crippen LogP contribution < -0.4 is 5.32 Å². The van der Waals surface area contributed by atoms with Gasteiger partial charge in [0.25, 0.3) is 0 Å². The highest BCUT2D eigenvalue weighted by molar-refractivity contribution is 4.95.